The number of carbonyl (C=O) groups is 2. The molecule has 162 valence electrons. The Bertz CT molecular complexity index is 1050. The summed E-state index contributed by atoms with van der Waals surface area (Å²) in [5.41, 5.74) is 3.71. The Kier molecular flexibility index (Phi) is 6.65. The number of aryl methyl sites for hydroxylation is 2. The fourth-order valence-corrected chi connectivity index (χ4v) is 4.13. The van der Waals surface area contributed by atoms with Gasteiger partial charge in [0.15, 0.2) is 0 Å². The number of nitrogens with zero attached hydrogens (tertiary/aromatic N) is 3. The summed E-state index contributed by atoms with van der Waals surface area (Å²) in [5.74, 6) is 1.00. The van der Waals surface area contributed by atoms with Crippen molar-refractivity contribution in [1.29, 1.82) is 0 Å². The summed E-state index contributed by atoms with van der Waals surface area (Å²) in [6, 6.07) is 15.5. The van der Waals surface area contributed by atoms with Crippen LogP contribution in [0.1, 0.15) is 47.4 Å². The zero-order valence-electron chi connectivity index (χ0n) is 18.1. The van der Waals surface area contributed by atoms with Crippen LogP contribution in [0.5, 0.6) is 0 Å². The van der Waals surface area contributed by atoms with E-state index in [1.807, 2.05) is 64.9 Å². The van der Waals surface area contributed by atoms with Gasteiger partial charge in [0, 0.05) is 31.6 Å². The molecule has 6 nitrogen and oxygen atoms in total. The van der Waals surface area contributed by atoms with Crippen LogP contribution in [0.4, 0.5) is 0 Å². The van der Waals surface area contributed by atoms with Crippen LogP contribution in [0.25, 0.3) is 11.0 Å². The molecular weight excluding hydrogens is 388 g/mol. The molecule has 1 N–H and O–H groups in total. The number of nitrogens with one attached hydrogen (secondary N) is 1. The second-order valence-electron chi connectivity index (χ2n) is 8.27. The Morgan fingerprint density at radius 3 is 2.52 bits per heavy atom. The third-order valence-electron chi connectivity index (χ3n) is 5.91. The summed E-state index contributed by atoms with van der Waals surface area (Å²) in [6.45, 7) is 4.60. The Morgan fingerprint density at radius 1 is 1.00 bits per heavy atom. The van der Waals surface area contributed by atoms with Gasteiger partial charge in [0.1, 0.15) is 12.4 Å². The summed E-state index contributed by atoms with van der Waals surface area (Å²) in [4.78, 5) is 31.9. The molecular formula is C25H30N4O2. The number of likely N-dealkylation sites (tertiary alicyclic amines) is 1. The van der Waals surface area contributed by atoms with Crippen LogP contribution in [-0.2, 0) is 17.8 Å². The molecule has 2 heterocycles. The number of piperidine rings is 1. The Hall–Kier alpha value is -3.15. The highest BCUT2D eigenvalue weighted by Gasteiger charge is 2.19. The van der Waals surface area contributed by atoms with Crippen LogP contribution in [0, 0.1) is 6.92 Å². The SMILES string of the molecule is Cc1ccc(C(=O)NCCCc2nc3ccccc3n2CC(=O)N2CCCCC2)cc1. The maximum atomic E-state index is 12.9. The zero-order valence-corrected chi connectivity index (χ0v) is 18.1. The molecule has 31 heavy (non-hydrogen) atoms. The molecule has 0 bridgehead atoms. The molecule has 1 saturated heterocycles. The van der Waals surface area contributed by atoms with Gasteiger partial charge in [0.05, 0.1) is 11.0 Å². The Morgan fingerprint density at radius 2 is 1.74 bits per heavy atom. The van der Waals surface area contributed by atoms with E-state index in [4.69, 9.17) is 4.98 Å². The molecule has 0 unspecified atom stereocenters. The van der Waals surface area contributed by atoms with E-state index in [2.05, 4.69) is 5.32 Å². The predicted octanol–water partition coefficient (Wildman–Crippen LogP) is 3.72. The molecule has 1 aromatic heterocycles. The summed E-state index contributed by atoms with van der Waals surface area (Å²) in [6.07, 6.45) is 4.85. The molecule has 4 rings (SSSR count). The van der Waals surface area contributed by atoms with E-state index in [1.54, 1.807) is 0 Å². The number of carbonyl (C=O) groups excluding carboxylic acids is 2. The third kappa shape index (κ3) is 5.13. The summed E-state index contributed by atoms with van der Waals surface area (Å²) in [5, 5.41) is 2.98. The van der Waals surface area contributed by atoms with Crippen LogP contribution in [-0.4, -0.2) is 45.9 Å². The highest BCUT2D eigenvalue weighted by Crippen LogP contribution is 2.18. The van der Waals surface area contributed by atoms with Crippen molar-refractivity contribution in [1.82, 2.24) is 19.8 Å². The molecule has 0 atom stereocenters. The van der Waals surface area contributed by atoms with Crippen LogP contribution in [0.15, 0.2) is 48.5 Å². The van der Waals surface area contributed by atoms with Crippen molar-refractivity contribution < 1.29 is 9.59 Å². The highest BCUT2D eigenvalue weighted by molar-refractivity contribution is 5.94. The lowest BCUT2D eigenvalue weighted by atomic mass is 10.1. The first-order valence-corrected chi connectivity index (χ1v) is 11.2. The molecule has 1 aliphatic rings. The minimum atomic E-state index is -0.0613. The van der Waals surface area contributed by atoms with Crippen LogP contribution in [0.2, 0.25) is 0 Å². The van der Waals surface area contributed by atoms with E-state index >= 15 is 0 Å². The molecule has 0 saturated carbocycles. The molecule has 1 fully saturated rings. The van der Waals surface area contributed by atoms with Gasteiger partial charge >= 0.3 is 0 Å². The molecule has 2 aromatic carbocycles. The number of amides is 2. The molecule has 2 amide bonds. The van der Waals surface area contributed by atoms with Gasteiger partial charge in [-0.1, -0.05) is 29.8 Å². The first kappa shape index (κ1) is 21.1. The minimum Gasteiger partial charge on any atom is -0.352 e. The number of benzene rings is 2. The van der Waals surface area contributed by atoms with Crippen LogP contribution in [0.3, 0.4) is 0 Å². The minimum absolute atomic E-state index is 0.0613. The van der Waals surface area contributed by atoms with Crippen molar-refractivity contribution in [2.45, 2.75) is 45.6 Å². The van der Waals surface area contributed by atoms with Gasteiger partial charge in [-0.05, 0) is 56.9 Å². The summed E-state index contributed by atoms with van der Waals surface area (Å²) in [7, 11) is 0. The third-order valence-corrected chi connectivity index (χ3v) is 5.91. The van der Waals surface area contributed by atoms with E-state index in [9.17, 15) is 9.59 Å². The average molecular weight is 419 g/mol. The summed E-state index contributed by atoms with van der Waals surface area (Å²) >= 11 is 0. The van der Waals surface area contributed by atoms with Crippen LogP contribution >= 0.6 is 0 Å². The maximum absolute atomic E-state index is 12.9. The van der Waals surface area contributed by atoms with Gasteiger partial charge < -0.3 is 14.8 Å². The number of fused-ring (bicyclic) bond motifs is 1. The Labute approximate surface area is 183 Å². The topological polar surface area (TPSA) is 67.2 Å². The highest BCUT2D eigenvalue weighted by atomic mass is 16.2. The normalized spacial score (nSPS) is 14.0. The van der Waals surface area contributed by atoms with E-state index in [-0.39, 0.29) is 11.8 Å². The predicted molar refractivity (Wildman–Crippen MR) is 122 cm³/mol. The lowest BCUT2D eigenvalue weighted by Gasteiger charge is -2.27. The number of hydrogen-bond acceptors (Lipinski definition) is 3. The zero-order chi connectivity index (χ0) is 21.6. The maximum Gasteiger partial charge on any atom is 0.251 e. The van der Waals surface area contributed by atoms with E-state index < -0.39 is 0 Å². The lowest BCUT2D eigenvalue weighted by Crippen LogP contribution is -2.38. The van der Waals surface area contributed by atoms with Crippen molar-refractivity contribution in [2.75, 3.05) is 19.6 Å². The molecule has 6 heteroatoms. The molecule has 0 radical (unpaired) electrons. The van der Waals surface area contributed by atoms with Crippen molar-refractivity contribution in [2.24, 2.45) is 0 Å². The van der Waals surface area contributed by atoms with Crippen molar-refractivity contribution in [3.05, 3.63) is 65.5 Å². The second-order valence-corrected chi connectivity index (χ2v) is 8.27. The first-order chi connectivity index (χ1) is 15.1. The standard InChI is InChI=1S/C25H30N4O2/c1-19-11-13-20(14-12-19)25(31)26-15-7-10-23-27-21-8-3-4-9-22(21)29(23)18-24(30)28-16-5-2-6-17-28/h3-4,8-9,11-14H,2,5-7,10,15-18H2,1H3,(H,26,31). The molecule has 0 spiro atoms. The number of para-hydroxylation sites is 2. The van der Waals surface area contributed by atoms with Crippen molar-refractivity contribution in [3.8, 4) is 0 Å². The van der Waals surface area contributed by atoms with Gasteiger partial charge in [0.2, 0.25) is 5.91 Å². The van der Waals surface area contributed by atoms with E-state index in [0.29, 0.717) is 25.1 Å². The van der Waals surface area contributed by atoms with Crippen molar-refractivity contribution >= 4 is 22.8 Å². The fourth-order valence-electron chi connectivity index (χ4n) is 4.13. The first-order valence-electron chi connectivity index (χ1n) is 11.2. The monoisotopic (exact) mass is 418 g/mol. The molecule has 1 aliphatic heterocycles. The quantitative estimate of drug-likeness (QED) is 0.595. The van der Waals surface area contributed by atoms with Gasteiger partial charge in [-0.25, -0.2) is 4.98 Å². The largest absolute Gasteiger partial charge is 0.352 e. The summed E-state index contributed by atoms with van der Waals surface area (Å²) < 4.78 is 2.05. The number of hydrogen-bond donors (Lipinski definition) is 1. The van der Waals surface area contributed by atoms with Gasteiger partial charge in [-0.15, -0.1) is 0 Å². The molecule has 3 aromatic rings. The van der Waals surface area contributed by atoms with Gasteiger partial charge in [-0.3, -0.25) is 9.59 Å². The van der Waals surface area contributed by atoms with Gasteiger partial charge in [0.25, 0.3) is 5.91 Å². The van der Waals surface area contributed by atoms with E-state index in [1.165, 1.54) is 6.42 Å². The number of aromatic nitrogens is 2. The van der Waals surface area contributed by atoms with Crippen molar-refractivity contribution in [3.63, 3.8) is 0 Å². The number of imidazole rings is 1. The van der Waals surface area contributed by atoms with Gasteiger partial charge in [-0.2, -0.15) is 0 Å². The molecule has 0 aliphatic carbocycles. The fraction of sp³-hybridized carbons (Fsp3) is 0.400. The lowest BCUT2D eigenvalue weighted by molar-refractivity contribution is -0.132. The smallest absolute Gasteiger partial charge is 0.251 e. The average Bonchev–Trinajstić information content (AvgIpc) is 3.15. The Balaban J connectivity index is 1.39. The second kappa shape index (κ2) is 9.77. The van der Waals surface area contributed by atoms with Crippen LogP contribution < -0.4 is 5.32 Å². The van der Waals surface area contributed by atoms with E-state index in [0.717, 1.165) is 54.8 Å². The number of rotatable bonds is 7.